The van der Waals surface area contributed by atoms with Crippen LogP contribution in [0.5, 0.6) is 0 Å². The molecule has 1 unspecified atom stereocenters. The van der Waals surface area contributed by atoms with Gasteiger partial charge in [0.05, 0.1) is 0 Å². The molecule has 1 aromatic carbocycles. The van der Waals surface area contributed by atoms with Gasteiger partial charge in [0.1, 0.15) is 0 Å². The monoisotopic (exact) mass is 291 g/mol. The van der Waals surface area contributed by atoms with E-state index in [1.54, 1.807) is 0 Å². The Morgan fingerprint density at radius 2 is 1.70 bits per heavy atom. The zero-order valence-corrected chi connectivity index (χ0v) is 13.2. The summed E-state index contributed by atoms with van der Waals surface area (Å²) in [6.07, 6.45) is 9.77. The van der Waals surface area contributed by atoms with Gasteiger partial charge in [-0.15, -0.1) is 0 Å². The van der Waals surface area contributed by atoms with Crippen molar-refractivity contribution >= 4 is 11.6 Å². The Balaban J connectivity index is 1.44. The lowest BCUT2D eigenvalue weighted by atomic mass is 9.75. The van der Waals surface area contributed by atoms with Crippen LogP contribution in [0.3, 0.4) is 0 Å². The molecule has 0 saturated heterocycles. The highest BCUT2D eigenvalue weighted by molar-refractivity contribution is 6.30. The van der Waals surface area contributed by atoms with Crippen molar-refractivity contribution < 1.29 is 0 Å². The van der Waals surface area contributed by atoms with Gasteiger partial charge in [-0.05, 0) is 62.1 Å². The van der Waals surface area contributed by atoms with Crippen LogP contribution in [0.1, 0.15) is 63.4 Å². The van der Waals surface area contributed by atoms with Gasteiger partial charge in [0.15, 0.2) is 0 Å². The van der Waals surface area contributed by atoms with Crippen molar-refractivity contribution in [2.45, 2.75) is 69.9 Å². The summed E-state index contributed by atoms with van der Waals surface area (Å²) in [5.74, 6) is 1.65. The van der Waals surface area contributed by atoms with Gasteiger partial charge in [0.25, 0.3) is 0 Å². The van der Waals surface area contributed by atoms with Crippen molar-refractivity contribution in [3.8, 4) is 0 Å². The van der Waals surface area contributed by atoms with Crippen LogP contribution in [0.4, 0.5) is 0 Å². The standard InChI is InChI=1S/C18H26ClN/c1-13(14-5-3-2-4-6-14)20-18-11-16(12-18)15-7-9-17(19)10-8-15/h7-10,13-14,16,18,20H,2-6,11-12H2,1H3. The zero-order chi connectivity index (χ0) is 13.9. The first-order valence-corrected chi connectivity index (χ1v) is 8.61. The third-order valence-corrected chi connectivity index (χ3v) is 5.59. The fourth-order valence-corrected chi connectivity index (χ4v) is 4.03. The molecule has 1 aromatic rings. The maximum absolute atomic E-state index is 5.95. The molecule has 0 aromatic heterocycles. The van der Waals surface area contributed by atoms with Gasteiger partial charge < -0.3 is 5.32 Å². The molecule has 0 spiro atoms. The number of halogens is 1. The lowest BCUT2D eigenvalue weighted by molar-refractivity contribution is 0.211. The quantitative estimate of drug-likeness (QED) is 0.809. The van der Waals surface area contributed by atoms with Crippen LogP contribution in [0.25, 0.3) is 0 Å². The largest absolute Gasteiger partial charge is 0.311 e. The highest BCUT2D eigenvalue weighted by Crippen LogP contribution is 2.38. The lowest BCUT2D eigenvalue weighted by Gasteiger charge is -2.40. The molecule has 2 aliphatic rings. The highest BCUT2D eigenvalue weighted by atomic mass is 35.5. The first-order valence-electron chi connectivity index (χ1n) is 8.24. The fraction of sp³-hybridized carbons (Fsp3) is 0.667. The Morgan fingerprint density at radius 3 is 2.35 bits per heavy atom. The molecule has 2 aliphatic carbocycles. The molecular weight excluding hydrogens is 266 g/mol. The molecule has 0 bridgehead atoms. The summed E-state index contributed by atoms with van der Waals surface area (Å²) in [4.78, 5) is 0. The van der Waals surface area contributed by atoms with Crippen LogP contribution in [-0.4, -0.2) is 12.1 Å². The van der Waals surface area contributed by atoms with Crippen molar-refractivity contribution in [1.82, 2.24) is 5.32 Å². The van der Waals surface area contributed by atoms with Crippen LogP contribution in [0.15, 0.2) is 24.3 Å². The molecule has 1 nitrogen and oxygen atoms in total. The molecule has 2 fully saturated rings. The summed E-state index contributed by atoms with van der Waals surface area (Å²) in [6, 6.07) is 9.84. The molecule has 20 heavy (non-hydrogen) atoms. The number of benzene rings is 1. The van der Waals surface area contributed by atoms with E-state index in [1.165, 1.54) is 50.5 Å². The van der Waals surface area contributed by atoms with Gasteiger partial charge in [0, 0.05) is 17.1 Å². The maximum atomic E-state index is 5.95. The minimum absolute atomic E-state index is 0.700. The number of hydrogen-bond donors (Lipinski definition) is 1. The maximum Gasteiger partial charge on any atom is 0.0406 e. The Bertz CT molecular complexity index is 416. The molecule has 0 radical (unpaired) electrons. The molecule has 2 saturated carbocycles. The van der Waals surface area contributed by atoms with Gasteiger partial charge in [0.2, 0.25) is 0 Å². The summed E-state index contributed by atoms with van der Waals surface area (Å²) >= 11 is 5.95. The molecule has 1 atom stereocenters. The molecule has 1 N–H and O–H groups in total. The molecule has 0 heterocycles. The normalized spacial score (nSPS) is 28.9. The summed E-state index contributed by atoms with van der Waals surface area (Å²) in [5, 5.41) is 4.71. The molecule has 0 amide bonds. The van der Waals surface area contributed by atoms with Gasteiger partial charge in [-0.25, -0.2) is 0 Å². The van der Waals surface area contributed by atoms with Gasteiger partial charge in [-0.1, -0.05) is 43.0 Å². The molecule has 110 valence electrons. The summed E-state index contributed by atoms with van der Waals surface area (Å²) in [5.41, 5.74) is 1.46. The number of rotatable bonds is 4. The van der Waals surface area contributed by atoms with Crippen LogP contribution in [0, 0.1) is 5.92 Å². The minimum atomic E-state index is 0.700. The Labute approximate surface area is 128 Å². The smallest absolute Gasteiger partial charge is 0.0406 e. The van der Waals surface area contributed by atoms with E-state index in [0.717, 1.165) is 22.9 Å². The average molecular weight is 292 g/mol. The van der Waals surface area contributed by atoms with Crippen LogP contribution in [0.2, 0.25) is 5.02 Å². The van der Waals surface area contributed by atoms with Crippen molar-refractivity contribution in [3.63, 3.8) is 0 Å². The van der Waals surface area contributed by atoms with Gasteiger partial charge in [-0.3, -0.25) is 0 Å². The average Bonchev–Trinajstić information content (AvgIpc) is 2.44. The molecule has 3 rings (SSSR count). The van der Waals surface area contributed by atoms with Gasteiger partial charge >= 0.3 is 0 Å². The van der Waals surface area contributed by atoms with Crippen LogP contribution in [-0.2, 0) is 0 Å². The van der Waals surface area contributed by atoms with E-state index in [-0.39, 0.29) is 0 Å². The SMILES string of the molecule is CC(NC1CC(c2ccc(Cl)cc2)C1)C1CCCCC1. The Kier molecular flexibility index (Phi) is 4.68. The Hall–Kier alpha value is -0.530. The summed E-state index contributed by atoms with van der Waals surface area (Å²) in [6.45, 7) is 2.39. The first-order chi connectivity index (χ1) is 9.72. The van der Waals surface area contributed by atoms with E-state index in [2.05, 4.69) is 24.4 Å². The van der Waals surface area contributed by atoms with E-state index in [0.29, 0.717) is 6.04 Å². The second-order valence-corrected chi connectivity index (χ2v) is 7.21. The van der Waals surface area contributed by atoms with Crippen LogP contribution < -0.4 is 5.32 Å². The third-order valence-electron chi connectivity index (χ3n) is 5.34. The predicted molar refractivity (Wildman–Crippen MR) is 86.4 cm³/mol. The first kappa shape index (κ1) is 14.4. The third kappa shape index (κ3) is 3.38. The lowest BCUT2D eigenvalue weighted by Crippen LogP contribution is -2.47. The Morgan fingerprint density at radius 1 is 1.05 bits per heavy atom. The van der Waals surface area contributed by atoms with E-state index in [9.17, 15) is 0 Å². The van der Waals surface area contributed by atoms with Crippen molar-refractivity contribution in [2.24, 2.45) is 5.92 Å². The number of hydrogen-bond acceptors (Lipinski definition) is 1. The molecule has 2 heteroatoms. The van der Waals surface area contributed by atoms with E-state index >= 15 is 0 Å². The highest BCUT2D eigenvalue weighted by Gasteiger charge is 2.32. The summed E-state index contributed by atoms with van der Waals surface area (Å²) in [7, 11) is 0. The molecule has 0 aliphatic heterocycles. The molecular formula is C18H26ClN. The van der Waals surface area contributed by atoms with Crippen molar-refractivity contribution in [2.75, 3.05) is 0 Å². The minimum Gasteiger partial charge on any atom is -0.311 e. The topological polar surface area (TPSA) is 12.0 Å². The summed E-state index contributed by atoms with van der Waals surface area (Å²) < 4.78 is 0. The second kappa shape index (κ2) is 6.49. The zero-order valence-electron chi connectivity index (χ0n) is 12.4. The van der Waals surface area contributed by atoms with E-state index < -0.39 is 0 Å². The van der Waals surface area contributed by atoms with Crippen molar-refractivity contribution in [3.05, 3.63) is 34.9 Å². The van der Waals surface area contributed by atoms with E-state index in [1.807, 2.05) is 12.1 Å². The van der Waals surface area contributed by atoms with Gasteiger partial charge in [-0.2, -0.15) is 0 Å². The number of nitrogens with one attached hydrogen (secondary N) is 1. The van der Waals surface area contributed by atoms with Crippen LogP contribution >= 0.6 is 11.6 Å². The second-order valence-electron chi connectivity index (χ2n) is 6.77. The van der Waals surface area contributed by atoms with Crippen molar-refractivity contribution in [1.29, 1.82) is 0 Å². The predicted octanol–water partition coefficient (Wildman–Crippen LogP) is 5.14. The fourth-order valence-electron chi connectivity index (χ4n) is 3.90. The van der Waals surface area contributed by atoms with E-state index in [4.69, 9.17) is 11.6 Å².